The topological polar surface area (TPSA) is 15.3 Å². The standard InChI is InChI=1S/C14H30N2/c1-6-9-15-13(7-2)12(3)16-10-8-14(4,5)11-16/h12-13,15H,6-11H2,1-5H3. The highest BCUT2D eigenvalue weighted by Gasteiger charge is 2.33. The lowest BCUT2D eigenvalue weighted by Crippen LogP contribution is -2.48. The van der Waals surface area contributed by atoms with Crippen LogP contribution in [0.5, 0.6) is 0 Å². The number of rotatable bonds is 6. The number of nitrogens with one attached hydrogen (secondary N) is 1. The smallest absolute Gasteiger partial charge is 0.0221 e. The molecule has 1 heterocycles. The maximum absolute atomic E-state index is 3.68. The molecule has 0 radical (unpaired) electrons. The van der Waals surface area contributed by atoms with Crippen LogP contribution in [0.2, 0.25) is 0 Å². The number of hydrogen-bond donors (Lipinski definition) is 1. The molecule has 0 aromatic rings. The van der Waals surface area contributed by atoms with E-state index in [4.69, 9.17) is 0 Å². The molecule has 16 heavy (non-hydrogen) atoms. The Kier molecular flexibility index (Phi) is 5.26. The molecule has 0 aromatic carbocycles. The van der Waals surface area contributed by atoms with Crippen LogP contribution in [0.15, 0.2) is 0 Å². The van der Waals surface area contributed by atoms with Crippen molar-refractivity contribution < 1.29 is 0 Å². The predicted molar refractivity (Wildman–Crippen MR) is 71.8 cm³/mol. The van der Waals surface area contributed by atoms with Crippen molar-refractivity contribution in [2.24, 2.45) is 5.41 Å². The van der Waals surface area contributed by atoms with E-state index >= 15 is 0 Å². The zero-order valence-electron chi connectivity index (χ0n) is 11.8. The van der Waals surface area contributed by atoms with E-state index in [2.05, 4.69) is 44.8 Å². The summed E-state index contributed by atoms with van der Waals surface area (Å²) in [5.41, 5.74) is 0.525. The molecular formula is C14H30N2. The highest BCUT2D eigenvalue weighted by molar-refractivity contribution is 4.89. The van der Waals surface area contributed by atoms with E-state index in [-0.39, 0.29) is 0 Å². The monoisotopic (exact) mass is 226 g/mol. The van der Waals surface area contributed by atoms with Crippen LogP contribution in [0, 0.1) is 5.41 Å². The van der Waals surface area contributed by atoms with Crippen LogP contribution in [0.25, 0.3) is 0 Å². The lowest BCUT2D eigenvalue weighted by molar-refractivity contribution is 0.184. The van der Waals surface area contributed by atoms with Crippen molar-refractivity contribution in [1.82, 2.24) is 10.2 Å². The Morgan fingerprint density at radius 3 is 2.44 bits per heavy atom. The summed E-state index contributed by atoms with van der Waals surface area (Å²) in [6, 6.07) is 1.34. The fraction of sp³-hybridized carbons (Fsp3) is 1.00. The molecule has 1 aliphatic rings. The summed E-state index contributed by atoms with van der Waals surface area (Å²) >= 11 is 0. The van der Waals surface area contributed by atoms with Gasteiger partial charge in [0.05, 0.1) is 0 Å². The Morgan fingerprint density at radius 1 is 1.31 bits per heavy atom. The maximum Gasteiger partial charge on any atom is 0.0221 e. The first-order valence-corrected chi connectivity index (χ1v) is 6.97. The third-order valence-corrected chi connectivity index (χ3v) is 3.96. The largest absolute Gasteiger partial charge is 0.312 e. The van der Waals surface area contributed by atoms with Crippen molar-refractivity contribution >= 4 is 0 Å². The van der Waals surface area contributed by atoms with Crippen molar-refractivity contribution in [3.05, 3.63) is 0 Å². The van der Waals surface area contributed by atoms with Gasteiger partial charge in [-0.3, -0.25) is 4.90 Å². The van der Waals surface area contributed by atoms with E-state index in [0.29, 0.717) is 17.5 Å². The van der Waals surface area contributed by atoms with Gasteiger partial charge in [0.1, 0.15) is 0 Å². The summed E-state index contributed by atoms with van der Waals surface area (Å²) in [5, 5.41) is 3.68. The lowest BCUT2D eigenvalue weighted by atomic mass is 9.93. The van der Waals surface area contributed by atoms with Gasteiger partial charge in [0, 0.05) is 18.6 Å². The Bertz CT molecular complexity index is 201. The molecule has 2 atom stereocenters. The molecule has 1 fully saturated rings. The van der Waals surface area contributed by atoms with Gasteiger partial charge in [-0.1, -0.05) is 27.7 Å². The summed E-state index contributed by atoms with van der Waals surface area (Å²) in [4.78, 5) is 2.66. The second-order valence-corrected chi connectivity index (χ2v) is 6.09. The summed E-state index contributed by atoms with van der Waals surface area (Å²) in [5.74, 6) is 0. The Hall–Kier alpha value is -0.0800. The van der Waals surface area contributed by atoms with Crippen LogP contribution in [0.1, 0.15) is 53.9 Å². The van der Waals surface area contributed by atoms with Crippen LogP contribution < -0.4 is 5.32 Å². The molecule has 1 saturated heterocycles. The van der Waals surface area contributed by atoms with Crippen molar-refractivity contribution in [2.75, 3.05) is 19.6 Å². The molecule has 0 amide bonds. The predicted octanol–water partition coefficient (Wildman–Crippen LogP) is 2.89. The molecular weight excluding hydrogens is 196 g/mol. The van der Waals surface area contributed by atoms with Gasteiger partial charge in [-0.2, -0.15) is 0 Å². The summed E-state index contributed by atoms with van der Waals surface area (Å²) in [6.07, 6.45) is 3.81. The lowest BCUT2D eigenvalue weighted by Gasteiger charge is -2.33. The van der Waals surface area contributed by atoms with Crippen LogP contribution >= 0.6 is 0 Å². The zero-order valence-corrected chi connectivity index (χ0v) is 11.8. The van der Waals surface area contributed by atoms with Gasteiger partial charge >= 0.3 is 0 Å². The van der Waals surface area contributed by atoms with Crippen molar-refractivity contribution in [3.63, 3.8) is 0 Å². The van der Waals surface area contributed by atoms with Gasteiger partial charge < -0.3 is 5.32 Å². The zero-order chi connectivity index (χ0) is 12.2. The Balaban J connectivity index is 2.45. The molecule has 2 nitrogen and oxygen atoms in total. The summed E-state index contributed by atoms with van der Waals surface area (Å²) < 4.78 is 0. The molecule has 0 saturated carbocycles. The summed E-state index contributed by atoms with van der Waals surface area (Å²) in [7, 11) is 0. The van der Waals surface area contributed by atoms with Crippen LogP contribution in [0.3, 0.4) is 0 Å². The van der Waals surface area contributed by atoms with Gasteiger partial charge in [0.15, 0.2) is 0 Å². The molecule has 1 rings (SSSR count). The Morgan fingerprint density at radius 2 is 2.00 bits per heavy atom. The van der Waals surface area contributed by atoms with E-state index in [1.54, 1.807) is 0 Å². The quantitative estimate of drug-likeness (QED) is 0.749. The molecule has 2 unspecified atom stereocenters. The minimum Gasteiger partial charge on any atom is -0.312 e. The molecule has 0 aliphatic carbocycles. The van der Waals surface area contributed by atoms with E-state index in [0.717, 1.165) is 6.54 Å². The van der Waals surface area contributed by atoms with Crippen LogP contribution in [-0.2, 0) is 0 Å². The second-order valence-electron chi connectivity index (χ2n) is 6.09. The molecule has 0 aromatic heterocycles. The van der Waals surface area contributed by atoms with Crippen molar-refractivity contribution in [2.45, 2.75) is 66.0 Å². The van der Waals surface area contributed by atoms with Crippen molar-refractivity contribution in [3.8, 4) is 0 Å². The summed E-state index contributed by atoms with van der Waals surface area (Å²) in [6.45, 7) is 15.4. The third-order valence-electron chi connectivity index (χ3n) is 3.96. The van der Waals surface area contributed by atoms with Gasteiger partial charge in [0.2, 0.25) is 0 Å². The first kappa shape index (κ1) is 14.0. The fourth-order valence-corrected chi connectivity index (χ4v) is 2.74. The molecule has 96 valence electrons. The third kappa shape index (κ3) is 3.74. The fourth-order valence-electron chi connectivity index (χ4n) is 2.74. The molecule has 2 heteroatoms. The average Bonchev–Trinajstić information content (AvgIpc) is 2.59. The van der Waals surface area contributed by atoms with Crippen molar-refractivity contribution in [1.29, 1.82) is 0 Å². The second kappa shape index (κ2) is 6.02. The van der Waals surface area contributed by atoms with E-state index in [1.165, 1.54) is 32.4 Å². The highest BCUT2D eigenvalue weighted by Crippen LogP contribution is 2.30. The van der Waals surface area contributed by atoms with Gasteiger partial charge in [-0.15, -0.1) is 0 Å². The normalized spacial score (nSPS) is 24.6. The van der Waals surface area contributed by atoms with Gasteiger partial charge in [-0.05, 0) is 44.7 Å². The number of hydrogen-bond acceptors (Lipinski definition) is 2. The molecule has 0 spiro atoms. The molecule has 0 bridgehead atoms. The number of nitrogens with zero attached hydrogens (tertiary/aromatic N) is 1. The van der Waals surface area contributed by atoms with Crippen LogP contribution in [0.4, 0.5) is 0 Å². The molecule has 1 aliphatic heterocycles. The van der Waals surface area contributed by atoms with Gasteiger partial charge in [0.25, 0.3) is 0 Å². The number of likely N-dealkylation sites (tertiary alicyclic amines) is 1. The average molecular weight is 226 g/mol. The minimum absolute atomic E-state index is 0.525. The van der Waals surface area contributed by atoms with Crippen LogP contribution in [-0.4, -0.2) is 36.6 Å². The SMILES string of the molecule is CCCNC(CC)C(C)N1CCC(C)(C)C1. The maximum atomic E-state index is 3.68. The van der Waals surface area contributed by atoms with Gasteiger partial charge in [-0.25, -0.2) is 0 Å². The Labute approximate surface area is 102 Å². The van der Waals surface area contributed by atoms with E-state index in [9.17, 15) is 0 Å². The first-order chi connectivity index (χ1) is 7.50. The van der Waals surface area contributed by atoms with E-state index < -0.39 is 0 Å². The highest BCUT2D eigenvalue weighted by atomic mass is 15.2. The molecule has 1 N–H and O–H groups in total. The van der Waals surface area contributed by atoms with E-state index in [1.807, 2.05) is 0 Å². The minimum atomic E-state index is 0.525. The first-order valence-electron chi connectivity index (χ1n) is 6.97.